The van der Waals surface area contributed by atoms with Crippen molar-refractivity contribution in [2.45, 2.75) is 20.0 Å². The van der Waals surface area contributed by atoms with E-state index in [0.29, 0.717) is 17.4 Å². The molecular weight excluding hydrogens is 208 g/mol. The molecule has 0 unspecified atom stereocenters. The van der Waals surface area contributed by atoms with E-state index in [1.54, 1.807) is 12.1 Å². The number of hydrogen-bond acceptors (Lipinski definition) is 5. The summed E-state index contributed by atoms with van der Waals surface area (Å²) in [6.45, 7) is 3.79. The number of ether oxygens (including phenoxy) is 1. The normalized spacial score (nSPS) is 10.2. The van der Waals surface area contributed by atoms with E-state index >= 15 is 0 Å². The molecule has 5 N–H and O–H groups in total. The van der Waals surface area contributed by atoms with Crippen molar-refractivity contribution in [3.63, 3.8) is 0 Å². The molecule has 1 aromatic rings. The van der Waals surface area contributed by atoms with Gasteiger partial charge in [0, 0.05) is 0 Å². The van der Waals surface area contributed by atoms with Crippen LogP contribution in [0.1, 0.15) is 13.8 Å². The van der Waals surface area contributed by atoms with Crippen LogP contribution >= 0.6 is 0 Å². The lowest BCUT2D eigenvalue weighted by Crippen LogP contribution is -2.22. The Labute approximate surface area is 94.0 Å². The van der Waals surface area contributed by atoms with Crippen LogP contribution in [0, 0.1) is 0 Å². The fourth-order valence-electron chi connectivity index (χ4n) is 1.05. The summed E-state index contributed by atoms with van der Waals surface area (Å²) in [6, 6.07) is 3.32. The number of nitrogens with zero attached hydrogens (tertiary/aromatic N) is 1. The minimum Gasteiger partial charge on any atom is -0.473 e. The Hall–Kier alpha value is -1.98. The number of nitrogens with two attached hydrogens (primary N) is 2. The maximum absolute atomic E-state index is 10.6. The van der Waals surface area contributed by atoms with E-state index in [-0.39, 0.29) is 12.6 Å². The topological polar surface area (TPSA) is 103 Å². The van der Waals surface area contributed by atoms with Crippen LogP contribution in [0.2, 0.25) is 0 Å². The average molecular weight is 224 g/mol. The number of carbonyl (C=O) groups is 1. The summed E-state index contributed by atoms with van der Waals surface area (Å²) in [6.07, 6.45) is -0.0128. The van der Waals surface area contributed by atoms with Crippen LogP contribution < -0.4 is 21.5 Å². The largest absolute Gasteiger partial charge is 0.473 e. The fourth-order valence-corrected chi connectivity index (χ4v) is 1.05. The molecule has 0 aromatic carbocycles. The Morgan fingerprint density at radius 3 is 2.81 bits per heavy atom. The molecule has 0 saturated heterocycles. The van der Waals surface area contributed by atoms with Gasteiger partial charge in [-0.2, -0.15) is 4.98 Å². The van der Waals surface area contributed by atoms with Crippen molar-refractivity contribution in [2.75, 3.05) is 17.6 Å². The zero-order valence-electron chi connectivity index (χ0n) is 9.36. The predicted molar refractivity (Wildman–Crippen MR) is 62.1 cm³/mol. The molecule has 6 nitrogen and oxygen atoms in total. The van der Waals surface area contributed by atoms with Gasteiger partial charge in [0.25, 0.3) is 0 Å². The molecule has 1 aromatic heterocycles. The van der Waals surface area contributed by atoms with Crippen LogP contribution in [0.15, 0.2) is 12.1 Å². The van der Waals surface area contributed by atoms with Gasteiger partial charge >= 0.3 is 0 Å². The van der Waals surface area contributed by atoms with Gasteiger partial charge in [0.1, 0.15) is 5.82 Å². The first-order valence-corrected chi connectivity index (χ1v) is 4.94. The van der Waals surface area contributed by atoms with Gasteiger partial charge in [-0.1, -0.05) is 0 Å². The summed E-state index contributed by atoms with van der Waals surface area (Å²) in [5.74, 6) is 0.401. The van der Waals surface area contributed by atoms with E-state index in [2.05, 4.69) is 10.3 Å². The second kappa shape index (κ2) is 5.20. The average Bonchev–Trinajstić information content (AvgIpc) is 2.18. The Morgan fingerprint density at radius 2 is 2.25 bits per heavy atom. The molecule has 16 heavy (non-hydrogen) atoms. The van der Waals surface area contributed by atoms with Gasteiger partial charge in [-0.3, -0.25) is 4.79 Å². The van der Waals surface area contributed by atoms with E-state index in [1.165, 1.54) is 0 Å². The van der Waals surface area contributed by atoms with Crippen molar-refractivity contribution in [1.82, 2.24) is 4.98 Å². The number of nitrogens with one attached hydrogen (secondary N) is 1. The minimum atomic E-state index is -0.454. The maximum Gasteiger partial charge on any atom is 0.239 e. The molecule has 88 valence electrons. The SMILES string of the molecule is CC(C)Oc1nc(NCC(N)=O)ccc1N. The standard InChI is InChI=1S/C10H16N4O2/c1-6(2)16-10-7(11)3-4-9(14-10)13-5-8(12)15/h3-4,6H,5,11H2,1-2H3,(H2,12,15)(H,13,14). The zero-order valence-corrected chi connectivity index (χ0v) is 9.36. The Morgan fingerprint density at radius 1 is 1.56 bits per heavy atom. The third-order valence-electron chi connectivity index (χ3n) is 1.68. The maximum atomic E-state index is 10.6. The first-order valence-electron chi connectivity index (χ1n) is 4.94. The quantitative estimate of drug-likeness (QED) is 0.669. The van der Waals surface area contributed by atoms with E-state index < -0.39 is 5.91 Å². The van der Waals surface area contributed by atoms with Gasteiger partial charge in [-0.15, -0.1) is 0 Å². The van der Waals surface area contributed by atoms with E-state index in [4.69, 9.17) is 16.2 Å². The van der Waals surface area contributed by atoms with Gasteiger partial charge in [0.05, 0.1) is 18.3 Å². The van der Waals surface area contributed by atoms with Crippen molar-refractivity contribution in [3.05, 3.63) is 12.1 Å². The van der Waals surface area contributed by atoms with E-state index in [1.807, 2.05) is 13.8 Å². The molecule has 1 rings (SSSR count). The number of pyridine rings is 1. The van der Waals surface area contributed by atoms with Crippen LogP contribution in [-0.4, -0.2) is 23.5 Å². The molecule has 0 aliphatic heterocycles. The van der Waals surface area contributed by atoms with Crippen LogP contribution in [-0.2, 0) is 4.79 Å². The van der Waals surface area contributed by atoms with Crippen LogP contribution in [0.3, 0.4) is 0 Å². The second-order valence-corrected chi connectivity index (χ2v) is 3.58. The lowest BCUT2D eigenvalue weighted by molar-refractivity contribution is -0.116. The highest BCUT2D eigenvalue weighted by molar-refractivity contribution is 5.78. The molecule has 0 atom stereocenters. The molecule has 0 saturated carbocycles. The Balaban J connectivity index is 2.76. The van der Waals surface area contributed by atoms with Crippen LogP contribution in [0.4, 0.5) is 11.5 Å². The molecule has 0 fully saturated rings. The Kier molecular flexibility index (Phi) is 3.93. The first kappa shape index (κ1) is 12.1. The molecule has 0 bridgehead atoms. The highest BCUT2D eigenvalue weighted by Gasteiger charge is 2.06. The predicted octanol–water partition coefficient (Wildman–Crippen LogP) is 0.348. The summed E-state index contributed by atoms with van der Waals surface area (Å²) in [5, 5.41) is 2.76. The summed E-state index contributed by atoms with van der Waals surface area (Å²) in [4.78, 5) is 14.7. The summed E-state index contributed by atoms with van der Waals surface area (Å²) >= 11 is 0. The zero-order chi connectivity index (χ0) is 12.1. The molecule has 0 aliphatic rings. The van der Waals surface area contributed by atoms with Gasteiger partial charge in [-0.05, 0) is 26.0 Å². The number of carbonyl (C=O) groups excluding carboxylic acids is 1. The number of amides is 1. The summed E-state index contributed by atoms with van der Waals surface area (Å²) in [5.41, 5.74) is 11.1. The van der Waals surface area contributed by atoms with Crippen molar-refractivity contribution >= 4 is 17.4 Å². The Bertz CT molecular complexity index is 379. The van der Waals surface area contributed by atoms with E-state index in [9.17, 15) is 4.79 Å². The van der Waals surface area contributed by atoms with Gasteiger partial charge in [0.15, 0.2) is 0 Å². The third kappa shape index (κ3) is 3.64. The second-order valence-electron chi connectivity index (χ2n) is 3.58. The molecule has 0 aliphatic carbocycles. The number of aromatic nitrogens is 1. The molecular formula is C10H16N4O2. The fraction of sp³-hybridized carbons (Fsp3) is 0.400. The van der Waals surface area contributed by atoms with Crippen LogP contribution in [0.25, 0.3) is 0 Å². The molecule has 0 radical (unpaired) electrons. The lowest BCUT2D eigenvalue weighted by atomic mass is 10.4. The van der Waals surface area contributed by atoms with E-state index in [0.717, 1.165) is 0 Å². The van der Waals surface area contributed by atoms with Crippen molar-refractivity contribution in [1.29, 1.82) is 0 Å². The van der Waals surface area contributed by atoms with Crippen molar-refractivity contribution in [2.24, 2.45) is 5.73 Å². The number of rotatable bonds is 5. The minimum absolute atomic E-state index is 0.0128. The molecule has 0 spiro atoms. The highest BCUT2D eigenvalue weighted by Crippen LogP contribution is 2.21. The lowest BCUT2D eigenvalue weighted by Gasteiger charge is -2.12. The number of nitrogen functional groups attached to an aromatic ring is 1. The monoisotopic (exact) mass is 224 g/mol. The first-order chi connectivity index (χ1) is 7.49. The smallest absolute Gasteiger partial charge is 0.239 e. The number of anilines is 2. The molecule has 1 heterocycles. The molecule has 6 heteroatoms. The molecule has 1 amide bonds. The number of hydrogen-bond donors (Lipinski definition) is 3. The van der Waals surface area contributed by atoms with Crippen molar-refractivity contribution in [3.8, 4) is 5.88 Å². The van der Waals surface area contributed by atoms with Crippen molar-refractivity contribution < 1.29 is 9.53 Å². The summed E-state index contributed by atoms with van der Waals surface area (Å²) < 4.78 is 5.40. The third-order valence-corrected chi connectivity index (χ3v) is 1.68. The highest BCUT2D eigenvalue weighted by atomic mass is 16.5. The van der Waals surface area contributed by atoms with Gasteiger partial charge < -0.3 is 21.5 Å². The van der Waals surface area contributed by atoms with Crippen LogP contribution in [0.5, 0.6) is 5.88 Å². The van der Waals surface area contributed by atoms with Gasteiger partial charge in [-0.25, -0.2) is 0 Å². The van der Waals surface area contributed by atoms with Gasteiger partial charge in [0.2, 0.25) is 11.8 Å². The summed E-state index contributed by atoms with van der Waals surface area (Å²) in [7, 11) is 0. The number of primary amides is 1.